The maximum atomic E-state index is 17.4. The van der Waals surface area contributed by atoms with Gasteiger partial charge >= 0.3 is 0 Å². The van der Waals surface area contributed by atoms with E-state index in [9.17, 15) is 10.1 Å². The van der Waals surface area contributed by atoms with E-state index in [1.807, 2.05) is 39.0 Å². The number of rotatable bonds is 7. The number of aromatic nitrogens is 6. The van der Waals surface area contributed by atoms with Crippen LogP contribution in [0.2, 0.25) is 5.02 Å². The Kier molecular flexibility index (Phi) is 7.35. The smallest absolute Gasteiger partial charge is 0.269 e. The van der Waals surface area contributed by atoms with Crippen molar-refractivity contribution in [2.45, 2.75) is 58.2 Å². The Morgan fingerprint density at radius 1 is 1.17 bits per heavy atom. The summed E-state index contributed by atoms with van der Waals surface area (Å²) in [5.74, 6) is -0.0933. The van der Waals surface area contributed by atoms with Crippen molar-refractivity contribution in [2.24, 2.45) is 5.92 Å². The highest BCUT2D eigenvalue weighted by Crippen LogP contribution is 2.50. The molecule has 9 rings (SSSR count). The van der Waals surface area contributed by atoms with Crippen molar-refractivity contribution in [3.8, 4) is 28.6 Å². The Morgan fingerprint density at radius 3 is 2.73 bits per heavy atom. The lowest BCUT2D eigenvalue weighted by Crippen LogP contribution is -2.40. The van der Waals surface area contributed by atoms with Gasteiger partial charge in [-0.25, -0.2) is 9.37 Å². The molecule has 6 aromatic rings. The summed E-state index contributed by atoms with van der Waals surface area (Å²) in [7, 11) is 0. The number of pyridine rings is 1. The summed E-state index contributed by atoms with van der Waals surface area (Å²) in [6, 6.07) is 11.8. The lowest BCUT2D eigenvalue weighted by atomic mass is 9.79. The van der Waals surface area contributed by atoms with Gasteiger partial charge in [0.1, 0.15) is 16.9 Å². The fourth-order valence-electron chi connectivity index (χ4n) is 7.72. The summed E-state index contributed by atoms with van der Waals surface area (Å²) < 4.78 is 21.4. The van der Waals surface area contributed by atoms with Gasteiger partial charge in [0, 0.05) is 64.7 Å². The second-order valence-electron chi connectivity index (χ2n) is 12.9. The van der Waals surface area contributed by atoms with E-state index in [-0.39, 0.29) is 35.6 Å². The maximum Gasteiger partial charge on any atom is 0.269 e. The Balaban J connectivity index is 1.53. The van der Waals surface area contributed by atoms with Gasteiger partial charge in [0.25, 0.3) is 5.56 Å². The SMILES string of the molecule is Cc1cnc(-c2nc3c(F)c(-c4cccc(Cl)c4C)c(CCC#N)cc3c3c2cc([C@@H](C)n2ccncc2=O)n3[C@H]2[C@H]3CN[C@@H]2C3)cn1. The summed E-state index contributed by atoms with van der Waals surface area (Å²) in [6.45, 7) is 6.63. The van der Waals surface area contributed by atoms with Gasteiger partial charge in [0.2, 0.25) is 0 Å². The van der Waals surface area contributed by atoms with Gasteiger partial charge in [-0.05, 0) is 74.4 Å². The molecular weight excluding hydrogens is 627 g/mol. The standard InChI is InChI=1S/C37H32ClFN8O/c1-19-15-43-29(17-42-19)34-26-14-30(21(3)46-11-10-41-18-31(46)48)47(36-23-13-28(36)44-16-23)37(26)25-12-22(6-5-9-40)32(33(39)35(25)45-34)24-7-4-8-27(38)20(24)2/h4,7-8,10-12,14-15,17-18,21,23,28,36,44H,5-6,13,16H2,1-3H3/t21-,23-,28-,36+/m1/s1. The topological polar surface area (TPSA) is 114 Å². The van der Waals surface area contributed by atoms with Gasteiger partial charge in [-0.15, -0.1) is 0 Å². The highest BCUT2D eigenvalue weighted by atomic mass is 35.5. The molecule has 0 unspecified atom stereocenters. The van der Waals surface area contributed by atoms with Gasteiger partial charge in [-0.1, -0.05) is 23.7 Å². The van der Waals surface area contributed by atoms with Gasteiger partial charge in [-0.2, -0.15) is 5.26 Å². The summed E-state index contributed by atoms with van der Waals surface area (Å²) in [5, 5.41) is 15.2. The van der Waals surface area contributed by atoms with Crippen molar-refractivity contribution in [1.29, 1.82) is 5.26 Å². The first kappa shape index (κ1) is 30.4. The van der Waals surface area contributed by atoms with E-state index in [0.717, 1.165) is 40.8 Å². The molecule has 1 N–H and O–H groups in total. The van der Waals surface area contributed by atoms with Crippen LogP contribution in [0.25, 0.3) is 44.3 Å². The van der Waals surface area contributed by atoms with E-state index in [1.54, 1.807) is 35.4 Å². The third kappa shape index (κ3) is 4.64. The lowest BCUT2D eigenvalue weighted by molar-refractivity contribution is 0.219. The minimum Gasteiger partial charge on any atom is -0.337 e. The number of nitrogens with zero attached hydrogens (tertiary/aromatic N) is 7. The number of benzene rings is 2. The summed E-state index contributed by atoms with van der Waals surface area (Å²) in [5.41, 5.74) is 6.03. The van der Waals surface area contributed by atoms with Crippen LogP contribution < -0.4 is 10.9 Å². The molecule has 9 nitrogen and oxygen atoms in total. The molecule has 3 aliphatic rings. The van der Waals surface area contributed by atoms with Crippen molar-refractivity contribution in [3.63, 3.8) is 0 Å². The molecule has 0 spiro atoms. The lowest BCUT2D eigenvalue weighted by Gasteiger charge is -2.38. The molecule has 48 heavy (non-hydrogen) atoms. The van der Waals surface area contributed by atoms with Crippen LogP contribution in [-0.2, 0) is 6.42 Å². The fourth-order valence-corrected chi connectivity index (χ4v) is 7.90. The fraction of sp³-hybridized carbons (Fsp3) is 0.297. The van der Waals surface area contributed by atoms with Crippen molar-refractivity contribution in [1.82, 2.24) is 34.4 Å². The highest BCUT2D eigenvalue weighted by molar-refractivity contribution is 6.31. The van der Waals surface area contributed by atoms with E-state index in [2.05, 4.69) is 32.0 Å². The summed E-state index contributed by atoms with van der Waals surface area (Å²) >= 11 is 6.55. The van der Waals surface area contributed by atoms with Crippen molar-refractivity contribution >= 4 is 33.4 Å². The average molecular weight is 659 g/mol. The zero-order chi connectivity index (χ0) is 33.3. The third-order valence-corrected chi connectivity index (χ3v) is 10.6. The zero-order valence-electron chi connectivity index (χ0n) is 26.7. The Hall–Kier alpha value is -4.98. The molecule has 4 aromatic heterocycles. The second kappa shape index (κ2) is 11.6. The first-order chi connectivity index (χ1) is 23.3. The molecule has 2 bridgehead atoms. The van der Waals surface area contributed by atoms with Crippen molar-refractivity contribution in [3.05, 3.63) is 105 Å². The first-order valence-electron chi connectivity index (χ1n) is 16.1. The van der Waals surface area contributed by atoms with Crippen molar-refractivity contribution in [2.75, 3.05) is 6.54 Å². The van der Waals surface area contributed by atoms with Crippen LogP contribution in [0.5, 0.6) is 0 Å². The summed E-state index contributed by atoms with van der Waals surface area (Å²) in [4.78, 5) is 31.3. The zero-order valence-corrected chi connectivity index (χ0v) is 27.5. The molecule has 2 aliphatic heterocycles. The van der Waals surface area contributed by atoms with Crippen LogP contribution in [0.15, 0.2) is 66.1 Å². The average Bonchev–Trinajstić information content (AvgIpc) is 3.82. The van der Waals surface area contributed by atoms with Gasteiger partial charge in [-0.3, -0.25) is 19.7 Å². The van der Waals surface area contributed by atoms with E-state index in [4.69, 9.17) is 21.6 Å². The van der Waals surface area contributed by atoms with Crippen LogP contribution in [0.3, 0.4) is 0 Å². The monoisotopic (exact) mass is 658 g/mol. The predicted molar refractivity (Wildman–Crippen MR) is 183 cm³/mol. The number of hydrogen-bond acceptors (Lipinski definition) is 7. The van der Waals surface area contributed by atoms with Crippen LogP contribution in [-0.4, -0.2) is 41.7 Å². The van der Waals surface area contributed by atoms with E-state index in [0.29, 0.717) is 50.8 Å². The number of aryl methyl sites for hydroxylation is 2. The predicted octanol–water partition coefficient (Wildman–Crippen LogP) is 6.88. The van der Waals surface area contributed by atoms with Gasteiger partial charge < -0.3 is 14.5 Å². The Labute approximate surface area is 281 Å². The number of fused-ring (bicyclic) bond motifs is 4. The highest BCUT2D eigenvalue weighted by Gasteiger charge is 2.49. The molecule has 240 valence electrons. The minimum atomic E-state index is -0.476. The maximum absolute atomic E-state index is 17.4. The van der Waals surface area contributed by atoms with Crippen LogP contribution in [0, 0.1) is 36.9 Å². The number of halogens is 2. The van der Waals surface area contributed by atoms with Gasteiger partial charge in [0.15, 0.2) is 5.82 Å². The quantitative estimate of drug-likeness (QED) is 0.199. The molecule has 2 aromatic carbocycles. The number of hydrogen-bond donors (Lipinski definition) is 1. The Bertz CT molecular complexity index is 2350. The first-order valence-corrected chi connectivity index (χ1v) is 16.5. The molecule has 0 radical (unpaired) electrons. The van der Waals surface area contributed by atoms with Crippen molar-refractivity contribution < 1.29 is 4.39 Å². The van der Waals surface area contributed by atoms with Gasteiger partial charge in [0.05, 0.1) is 41.8 Å². The second-order valence-corrected chi connectivity index (χ2v) is 13.3. The van der Waals surface area contributed by atoms with Crippen LogP contribution in [0.1, 0.15) is 54.4 Å². The molecule has 4 atom stereocenters. The largest absolute Gasteiger partial charge is 0.337 e. The molecule has 0 amide bonds. The van der Waals surface area contributed by atoms with Crippen LogP contribution >= 0.6 is 11.6 Å². The molecule has 11 heteroatoms. The van der Waals surface area contributed by atoms with E-state index >= 15 is 4.39 Å². The molecule has 1 saturated carbocycles. The molecule has 2 saturated heterocycles. The van der Waals surface area contributed by atoms with E-state index < -0.39 is 5.82 Å². The Morgan fingerprint density at radius 2 is 2.02 bits per heavy atom. The molecular formula is C37H32ClFN8O. The number of nitrogens with one attached hydrogen (secondary N) is 1. The summed E-state index contributed by atoms with van der Waals surface area (Å²) in [6.07, 6.45) is 9.60. The molecule has 1 aliphatic carbocycles. The molecule has 3 fully saturated rings. The minimum absolute atomic E-state index is 0.0977. The normalized spacial score (nSPS) is 19.0. The van der Waals surface area contributed by atoms with E-state index in [1.165, 1.54) is 6.20 Å². The molecule has 6 heterocycles. The number of nitriles is 1. The third-order valence-electron chi connectivity index (χ3n) is 10.2. The van der Waals surface area contributed by atoms with Crippen LogP contribution in [0.4, 0.5) is 4.39 Å².